The Morgan fingerprint density at radius 2 is 1.65 bits per heavy atom. The van der Waals surface area contributed by atoms with Crippen molar-refractivity contribution in [3.8, 4) is 5.75 Å². The predicted octanol–water partition coefficient (Wildman–Crippen LogP) is 4.72. The lowest BCUT2D eigenvalue weighted by Gasteiger charge is -2.25. The van der Waals surface area contributed by atoms with Crippen molar-refractivity contribution in [2.75, 3.05) is 0 Å². The fraction of sp³-hybridized carbons (Fsp3) is 0.300. The van der Waals surface area contributed by atoms with Gasteiger partial charge in [-0.05, 0) is 44.4 Å². The van der Waals surface area contributed by atoms with Crippen LogP contribution in [0.4, 0.5) is 0 Å². The standard InChI is InChI=1S/C20H23NO2/c1-14(2)21-13-7-11-18(21)20(15(3)22)23-19-12-6-9-16-8-4-5-10-17(16)19/h4-15,20,22H,1-3H3. The highest BCUT2D eigenvalue weighted by Gasteiger charge is 2.24. The number of nitrogens with zero attached hydrogens (tertiary/aromatic N) is 1. The van der Waals surface area contributed by atoms with Crippen LogP contribution in [-0.4, -0.2) is 15.8 Å². The van der Waals surface area contributed by atoms with Crippen LogP contribution >= 0.6 is 0 Å². The van der Waals surface area contributed by atoms with Crippen LogP contribution in [0.1, 0.15) is 38.6 Å². The number of aliphatic hydroxyl groups is 1. The van der Waals surface area contributed by atoms with Gasteiger partial charge in [0.15, 0.2) is 6.10 Å². The number of fused-ring (bicyclic) bond motifs is 1. The summed E-state index contributed by atoms with van der Waals surface area (Å²) in [6.45, 7) is 6.02. The molecule has 2 aromatic carbocycles. The monoisotopic (exact) mass is 309 g/mol. The molecule has 0 aliphatic heterocycles. The average molecular weight is 309 g/mol. The number of aliphatic hydroxyl groups excluding tert-OH is 1. The van der Waals surface area contributed by atoms with Crippen molar-refractivity contribution in [2.45, 2.75) is 39.0 Å². The van der Waals surface area contributed by atoms with Crippen molar-refractivity contribution in [1.82, 2.24) is 4.57 Å². The van der Waals surface area contributed by atoms with Gasteiger partial charge in [0.2, 0.25) is 0 Å². The topological polar surface area (TPSA) is 34.4 Å². The SMILES string of the molecule is CC(O)C(Oc1cccc2ccccc12)c1cccn1C(C)C. The quantitative estimate of drug-likeness (QED) is 0.740. The van der Waals surface area contributed by atoms with E-state index >= 15 is 0 Å². The molecule has 0 amide bonds. The molecule has 0 spiro atoms. The molecule has 2 atom stereocenters. The summed E-state index contributed by atoms with van der Waals surface area (Å²) in [7, 11) is 0. The van der Waals surface area contributed by atoms with Gasteiger partial charge < -0.3 is 14.4 Å². The molecule has 0 radical (unpaired) electrons. The Morgan fingerprint density at radius 1 is 0.913 bits per heavy atom. The van der Waals surface area contributed by atoms with Crippen molar-refractivity contribution < 1.29 is 9.84 Å². The molecule has 0 aliphatic rings. The molecule has 0 aliphatic carbocycles. The first-order chi connectivity index (χ1) is 11.1. The molecule has 120 valence electrons. The molecule has 1 N–H and O–H groups in total. The first-order valence-electron chi connectivity index (χ1n) is 8.07. The number of rotatable bonds is 5. The summed E-state index contributed by atoms with van der Waals surface area (Å²) in [5.41, 5.74) is 0.989. The zero-order chi connectivity index (χ0) is 16.4. The Labute approximate surface area is 137 Å². The fourth-order valence-electron chi connectivity index (χ4n) is 2.96. The van der Waals surface area contributed by atoms with Crippen LogP contribution in [0.5, 0.6) is 5.75 Å². The summed E-state index contributed by atoms with van der Waals surface area (Å²) in [6, 6.07) is 18.5. The minimum absolute atomic E-state index is 0.317. The fourth-order valence-corrected chi connectivity index (χ4v) is 2.96. The minimum Gasteiger partial charge on any atom is -0.481 e. The maximum Gasteiger partial charge on any atom is 0.164 e. The van der Waals surface area contributed by atoms with Crippen molar-refractivity contribution >= 4 is 10.8 Å². The van der Waals surface area contributed by atoms with E-state index in [1.807, 2.05) is 48.7 Å². The van der Waals surface area contributed by atoms with E-state index in [4.69, 9.17) is 4.74 Å². The van der Waals surface area contributed by atoms with E-state index in [9.17, 15) is 5.11 Å². The molecule has 3 heteroatoms. The third-order valence-electron chi connectivity index (χ3n) is 4.10. The Hall–Kier alpha value is -2.26. The summed E-state index contributed by atoms with van der Waals surface area (Å²) in [5, 5.41) is 12.5. The van der Waals surface area contributed by atoms with Crippen LogP contribution in [0.15, 0.2) is 60.8 Å². The number of hydrogen-bond acceptors (Lipinski definition) is 2. The Morgan fingerprint density at radius 3 is 2.39 bits per heavy atom. The lowest BCUT2D eigenvalue weighted by molar-refractivity contribution is 0.0436. The number of aromatic nitrogens is 1. The molecule has 2 unspecified atom stereocenters. The number of hydrogen-bond donors (Lipinski definition) is 1. The van der Waals surface area contributed by atoms with Crippen LogP contribution in [0.3, 0.4) is 0 Å². The van der Waals surface area contributed by atoms with Gasteiger partial charge in [-0.15, -0.1) is 0 Å². The number of benzene rings is 2. The molecule has 0 bridgehead atoms. The van der Waals surface area contributed by atoms with Gasteiger partial charge in [0.25, 0.3) is 0 Å². The third kappa shape index (κ3) is 3.10. The highest BCUT2D eigenvalue weighted by atomic mass is 16.5. The molecule has 3 nitrogen and oxygen atoms in total. The van der Waals surface area contributed by atoms with Gasteiger partial charge >= 0.3 is 0 Å². The summed E-state index contributed by atoms with van der Waals surface area (Å²) >= 11 is 0. The highest BCUT2D eigenvalue weighted by molar-refractivity contribution is 5.88. The zero-order valence-corrected chi connectivity index (χ0v) is 13.8. The van der Waals surface area contributed by atoms with E-state index in [0.29, 0.717) is 6.04 Å². The molecule has 1 aromatic heterocycles. The van der Waals surface area contributed by atoms with Gasteiger partial charge in [-0.1, -0.05) is 36.4 Å². The third-order valence-corrected chi connectivity index (χ3v) is 4.10. The van der Waals surface area contributed by atoms with Gasteiger partial charge in [-0.25, -0.2) is 0 Å². The van der Waals surface area contributed by atoms with Crippen molar-refractivity contribution in [3.05, 3.63) is 66.5 Å². The second-order valence-corrected chi connectivity index (χ2v) is 6.19. The largest absolute Gasteiger partial charge is 0.481 e. The average Bonchev–Trinajstić information content (AvgIpc) is 3.01. The summed E-state index contributed by atoms with van der Waals surface area (Å²) in [6.07, 6.45) is 1.02. The molecule has 0 saturated heterocycles. The Kier molecular flexibility index (Phi) is 4.39. The van der Waals surface area contributed by atoms with Gasteiger partial charge in [0.1, 0.15) is 5.75 Å². The second kappa shape index (κ2) is 6.47. The van der Waals surface area contributed by atoms with E-state index < -0.39 is 12.2 Å². The molecule has 0 fully saturated rings. The van der Waals surface area contributed by atoms with Crippen LogP contribution in [-0.2, 0) is 0 Å². The molecule has 23 heavy (non-hydrogen) atoms. The van der Waals surface area contributed by atoms with Gasteiger partial charge in [-0.2, -0.15) is 0 Å². The lowest BCUT2D eigenvalue weighted by Crippen LogP contribution is -2.24. The van der Waals surface area contributed by atoms with Crippen molar-refractivity contribution in [2.24, 2.45) is 0 Å². The molecule has 3 rings (SSSR count). The molecule has 3 aromatic rings. The van der Waals surface area contributed by atoms with E-state index in [-0.39, 0.29) is 0 Å². The lowest BCUT2D eigenvalue weighted by atomic mass is 10.1. The molecule has 1 heterocycles. The van der Waals surface area contributed by atoms with E-state index in [1.54, 1.807) is 6.92 Å². The molecule has 0 saturated carbocycles. The highest BCUT2D eigenvalue weighted by Crippen LogP contribution is 2.32. The van der Waals surface area contributed by atoms with Crippen LogP contribution in [0, 0.1) is 0 Å². The Balaban J connectivity index is 2.01. The van der Waals surface area contributed by atoms with Crippen LogP contribution in [0.25, 0.3) is 10.8 Å². The summed E-state index contributed by atoms with van der Waals surface area (Å²) < 4.78 is 8.39. The summed E-state index contributed by atoms with van der Waals surface area (Å²) in [5.74, 6) is 0.797. The van der Waals surface area contributed by atoms with E-state index in [1.165, 1.54) is 0 Å². The number of ether oxygens (including phenoxy) is 1. The molecular formula is C20H23NO2. The second-order valence-electron chi connectivity index (χ2n) is 6.19. The summed E-state index contributed by atoms with van der Waals surface area (Å²) in [4.78, 5) is 0. The first-order valence-corrected chi connectivity index (χ1v) is 8.07. The normalized spacial score (nSPS) is 14.1. The predicted molar refractivity (Wildman–Crippen MR) is 93.8 cm³/mol. The van der Waals surface area contributed by atoms with Crippen molar-refractivity contribution in [3.63, 3.8) is 0 Å². The van der Waals surface area contributed by atoms with Crippen molar-refractivity contribution in [1.29, 1.82) is 0 Å². The van der Waals surface area contributed by atoms with Gasteiger partial charge in [0, 0.05) is 17.6 Å². The van der Waals surface area contributed by atoms with Crippen LogP contribution < -0.4 is 4.74 Å². The first kappa shape index (κ1) is 15.6. The zero-order valence-electron chi connectivity index (χ0n) is 13.8. The maximum absolute atomic E-state index is 10.3. The van der Waals surface area contributed by atoms with Gasteiger partial charge in [0.05, 0.1) is 11.8 Å². The minimum atomic E-state index is -0.610. The smallest absolute Gasteiger partial charge is 0.164 e. The van der Waals surface area contributed by atoms with E-state index in [0.717, 1.165) is 22.2 Å². The van der Waals surface area contributed by atoms with E-state index in [2.05, 4.69) is 30.5 Å². The Bertz CT molecular complexity index is 784. The maximum atomic E-state index is 10.3. The van der Waals surface area contributed by atoms with Gasteiger partial charge in [-0.3, -0.25) is 0 Å². The van der Waals surface area contributed by atoms with Crippen LogP contribution in [0.2, 0.25) is 0 Å². The molecular weight excluding hydrogens is 286 g/mol.